The molecule has 0 radical (unpaired) electrons. The predicted octanol–water partition coefficient (Wildman–Crippen LogP) is 4.91. The van der Waals surface area contributed by atoms with Crippen LogP contribution in [0.1, 0.15) is 53.6 Å². The maximum Gasteiger partial charge on any atom is 0.264 e. The van der Waals surface area contributed by atoms with E-state index in [0.717, 1.165) is 43.2 Å². The number of anilines is 1. The number of rotatable bonds is 7. The van der Waals surface area contributed by atoms with Gasteiger partial charge in [0.25, 0.3) is 15.9 Å². The van der Waals surface area contributed by atoms with Gasteiger partial charge in [-0.15, -0.1) is 0 Å². The molecule has 1 fully saturated rings. The van der Waals surface area contributed by atoms with E-state index in [9.17, 15) is 18.0 Å². The molecular formula is C31H35N3O4S. The number of fused-ring (bicyclic) bond motifs is 1. The first-order valence-electron chi connectivity index (χ1n) is 13.7. The van der Waals surface area contributed by atoms with Gasteiger partial charge in [-0.05, 0) is 55.5 Å². The lowest BCUT2D eigenvalue weighted by Crippen LogP contribution is -2.54. The Hall–Kier alpha value is -3.65. The SMILES string of the molecule is Cc1ccc(S(=O)(=O)N2CCN(C(C(=O)NCc3ccccc3)C3CCCCC3)C(=O)c3ccccc32)cc1. The molecule has 7 nitrogen and oxygen atoms in total. The van der Waals surface area contributed by atoms with Crippen molar-refractivity contribution in [2.24, 2.45) is 5.92 Å². The third-order valence-electron chi connectivity index (χ3n) is 7.83. The van der Waals surface area contributed by atoms with E-state index in [1.807, 2.05) is 37.3 Å². The molecule has 1 atom stereocenters. The first-order chi connectivity index (χ1) is 18.9. The summed E-state index contributed by atoms with van der Waals surface area (Å²) >= 11 is 0. The summed E-state index contributed by atoms with van der Waals surface area (Å²) in [6.07, 6.45) is 4.87. The van der Waals surface area contributed by atoms with Crippen molar-refractivity contribution in [1.29, 1.82) is 0 Å². The van der Waals surface area contributed by atoms with Crippen LogP contribution < -0.4 is 9.62 Å². The van der Waals surface area contributed by atoms with Gasteiger partial charge in [-0.25, -0.2) is 8.42 Å². The van der Waals surface area contributed by atoms with Gasteiger partial charge in [0.05, 0.1) is 22.7 Å². The molecular weight excluding hydrogens is 510 g/mol. The minimum absolute atomic E-state index is 0.0193. The Bertz CT molecular complexity index is 1420. The second-order valence-electron chi connectivity index (χ2n) is 10.5. The topological polar surface area (TPSA) is 86.8 Å². The van der Waals surface area contributed by atoms with Crippen molar-refractivity contribution < 1.29 is 18.0 Å². The average molecular weight is 546 g/mol. The van der Waals surface area contributed by atoms with E-state index >= 15 is 0 Å². The summed E-state index contributed by atoms with van der Waals surface area (Å²) in [5.41, 5.74) is 2.58. The van der Waals surface area contributed by atoms with Crippen LogP contribution in [0.5, 0.6) is 0 Å². The lowest BCUT2D eigenvalue weighted by Gasteiger charge is -2.37. The highest BCUT2D eigenvalue weighted by Gasteiger charge is 2.41. The normalized spacial score (nSPS) is 17.3. The smallest absolute Gasteiger partial charge is 0.264 e. The highest BCUT2D eigenvalue weighted by Crippen LogP contribution is 2.35. The van der Waals surface area contributed by atoms with E-state index < -0.39 is 16.1 Å². The summed E-state index contributed by atoms with van der Waals surface area (Å²) in [6.45, 7) is 2.46. The number of nitrogens with one attached hydrogen (secondary N) is 1. The maximum absolute atomic E-state index is 14.1. The number of hydrogen-bond donors (Lipinski definition) is 1. The zero-order valence-corrected chi connectivity index (χ0v) is 23.1. The summed E-state index contributed by atoms with van der Waals surface area (Å²) in [5.74, 6) is -0.477. The zero-order valence-electron chi connectivity index (χ0n) is 22.3. The first-order valence-corrected chi connectivity index (χ1v) is 15.1. The van der Waals surface area contributed by atoms with Crippen molar-refractivity contribution in [2.75, 3.05) is 17.4 Å². The van der Waals surface area contributed by atoms with Gasteiger partial charge in [0.2, 0.25) is 5.91 Å². The van der Waals surface area contributed by atoms with Crippen molar-refractivity contribution in [3.05, 3.63) is 95.6 Å². The van der Waals surface area contributed by atoms with E-state index in [0.29, 0.717) is 17.8 Å². The van der Waals surface area contributed by atoms with E-state index in [1.165, 1.54) is 4.31 Å². The van der Waals surface area contributed by atoms with E-state index in [1.54, 1.807) is 53.4 Å². The fourth-order valence-electron chi connectivity index (χ4n) is 5.75. The van der Waals surface area contributed by atoms with E-state index in [-0.39, 0.29) is 35.7 Å². The molecule has 3 aromatic rings. The van der Waals surface area contributed by atoms with Crippen molar-refractivity contribution in [3.63, 3.8) is 0 Å². The van der Waals surface area contributed by atoms with Gasteiger partial charge in [-0.1, -0.05) is 79.4 Å². The molecule has 2 amide bonds. The second-order valence-corrected chi connectivity index (χ2v) is 12.3. The molecule has 5 rings (SSSR count). The number of nitrogens with zero attached hydrogens (tertiary/aromatic N) is 2. The second kappa shape index (κ2) is 11.6. The maximum atomic E-state index is 14.1. The predicted molar refractivity (Wildman–Crippen MR) is 152 cm³/mol. The molecule has 0 bridgehead atoms. The third-order valence-corrected chi connectivity index (χ3v) is 9.65. The molecule has 1 N–H and O–H groups in total. The fourth-order valence-corrected chi connectivity index (χ4v) is 7.22. The van der Waals surface area contributed by atoms with Gasteiger partial charge in [-0.3, -0.25) is 13.9 Å². The summed E-state index contributed by atoms with van der Waals surface area (Å²) < 4.78 is 28.9. The van der Waals surface area contributed by atoms with Crippen molar-refractivity contribution in [3.8, 4) is 0 Å². The number of carbonyl (C=O) groups is 2. The third kappa shape index (κ3) is 5.71. The molecule has 1 aliphatic carbocycles. The molecule has 1 heterocycles. The van der Waals surface area contributed by atoms with Crippen LogP contribution in [0.4, 0.5) is 5.69 Å². The van der Waals surface area contributed by atoms with Crippen LogP contribution in [0.25, 0.3) is 0 Å². The van der Waals surface area contributed by atoms with Gasteiger partial charge in [0.1, 0.15) is 6.04 Å². The first kappa shape index (κ1) is 26.9. The Morgan fingerprint density at radius 2 is 1.56 bits per heavy atom. The van der Waals surface area contributed by atoms with Crippen LogP contribution in [-0.2, 0) is 21.4 Å². The van der Waals surface area contributed by atoms with Gasteiger partial charge in [0, 0.05) is 13.1 Å². The Kier molecular flexibility index (Phi) is 8.02. The molecule has 0 spiro atoms. The van der Waals surface area contributed by atoms with Gasteiger partial charge < -0.3 is 10.2 Å². The average Bonchev–Trinajstić information content (AvgIpc) is 3.10. The summed E-state index contributed by atoms with van der Waals surface area (Å²) in [6, 6.07) is 22.6. The Morgan fingerprint density at radius 3 is 2.28 bits per heavy atom. The highest BCUT2D eigenvalue weighted by molar-refractivity contribution is 7.92. The van der Waals surface area contributed by atoms with Crippen LogP contribution >= 0.6 is 0 Å². The Labute approximate surface area is 230 Å². The molecule has 1 unspecified atom stereocenters. The van der Waals surface area contributed by atoms with Crippen LogP contribution in [0, 0.1) is 12.8 Å². The Balaban J connectivity index is 1.49. The number of para-hydroxylation sites is 1. The summed E-state index contributed by atoms with van der Waals surface area (Å²) in [7, 11) is -3.93. The molecule has 0 saturated heterocycles. The van der Waals surface area contributed by atoms with Crippen molar-refractivity contribution in [1.82, 2.24) is 10.2 Å². The van der Waals surface area contributed by atoms with Crippen LogP contribution in [-0.4, -0.2) is 44.3 Å². The number of sulfonamides is 1. The van der Waals surface area contributed by atoms with E-state index in [4.69, 9.17) is 0 Å². The van der Waals surface area contributed by atoms with Gasteiger partial charge in [-0.2, -0.15) is 0 Å². The molecule has 3 aromatic carbocycles. The van der Waals surface area contributed by atoms with Crippen LogP contribution in [0.2, 0.25) is 0 Å². The molecule has 0 aromatic heterocycles. The minimum Gasteiger partial charge on any atom is -0.350 e. The number of hydrogen-bond acceptors (Lipinski definition) is 4. The van der Waals surface area contributed by atoms with Crippen LogP contribution in [0.3, 0.4) is 0 Å². The van der Waals surface area contributed by atoms with Crippen molar-refractivity contribution in [2.45, 2.75) is 56.5 Å². The lowest BCUT2D eigenvalue weighted by atomic mass is 9.82. The molecule has 8 heteroatoms. The number of amides is 2. The molecule has 39 heavy (non-hydrogen) atoms. The van der Waals surface area contributed by atoms with Gasteiger partial charge in [0.15, 0.2) is 0 Å². The number of aryl methyl sites for hydroxylation is 1. The standard InChI is InChI=1S/C31H35N3O4S/c1-23-16-18-26(19-17-23)39(37,38)34-21-20-33(31(36)27-14-8-9-15-28(27)34)29(25-12-6-3-7-13-25)30(35)32-22-24-10-4-2-5-11-24/h2,4-5,8-11,14-19,25,29H,3,6-7,12-13,20-22H2,1H3,(H,32,35). The van der Waals surface area contributed by atoms with E-state index in [2.05, 4.69) is 5.32 Å². The van der Waals surface area contributed by atoms with Gasteiger partial charge >= 0.3 is 0 Å². The summed E-state index contributed by atoms with van der Waals surface area (Å²) in [4.78, 5) is 29.7. The fraction of sp³-hybridized carbons (Fsp3) is 0.355. The molecule has 1 saturated carbocycles. The molecule has 204 valence electrons. The molecule has 2 aliphatic rings. The number of benzene rings is 3. The monoisotopic (exact) mass is 545 g/mol. The zero-order chi connectivity index (χ0) is 27.4. The largest absolute Gasteiger partial charge is 0.350 e. The lowest BCUT2D eigenvalue weighted by molar-refractivity contribution is -0.128. The Morgan fingerprint density at radius 1 is 0.897 bits per heavy atom. The molecule has 1 aliphatic heterocycles. The quantitative estimate of drug-likeness (QED) is 0.457. The number of carbonyl (C=O) groups excluding carboxylic acids is 2. The summed E-state index contributed by atoms with van der Waals surface area (Å²) in [5, 5.41) is 3.07. The highest BCUT2D eigenvalue weighted by atomic mass is 32.2. The minimum atomic E-state index is -3.93. The van der Waals surface area contributed by atoms with Crippen molar-refractivity contribution >= 4 is 27.5 Å². The van der Waals surface area contributed by atoms with Crippen LogP contribution in [0.15, 0.2) is 83.8 Å².